The summed E-state index contributed by atoms with van der Waals surface area (Å²) in [4.78, 5) is 14.7. The Morgan fingerprint density at radius 1 is 1.11 bits per heavy atom. The monoisotopic (exact) mass is 410 g/mol. The fourth-order valence-corrected chi connectivity index (χ4v) is 4.28. The van der Waals surface area contributed by atoms with E-state index in [0.29, 0.717) is 30.6 Å². The van der Waals surface area contributed by atoms with Crippen molar-refractivity contribution in [3.8, 4) is 0 Å². The molecule has 2 atom stereocenters. The highest BCUT2D eigenvalue weighted by atomic mass is 32.2. The molecule has 0 unspecified atom stereocenters. The number of urea groups is 1. The van der Waals surface area contributed by atoms with Crippen molar-refractivity contribution >= 4 is 21.7 Å². The lowest BCUT2D eigenvalue weighted by molar-refractivity contribution is 0.0472. The maximum Gasteiger partial charge on any atom is 0.315 e. The number of piperidine rings is 1. The van der Waals surface area contributed by atoms with Gasteiger partial charge in [-0.15, -0.1) is 0 Å². The summed E-state index contributed by atoms with van der Waals surface area (Å²) in [7, 11) is -3.29. The average Bonchev–Trinajstić information content (AvgIpc) is 2.57. The molecular weight excluding hydrogens is 376 g/mol. The minimum Gasteiger partial charge on any atom is -0.336 e. The fraction of sp³-hybridized carbons (Fsp3) is 0.650. The summed E-state index contributed by atoms with van der Waals surface area (Å²) in [6.45, 7) is 12.0. The van der Waals surface area contributed by atoms with E-state index in [9.17, 15) is 13.2 Å². The van der Waals surface area contributed by atoms with E-state index in [-0.39, 0.29) is 11.6 Å². The summed E-state index contributed by atoms with van der Waals surface area (Å²) in [5.41, 5.74) is 1.30. The molecule has 1 fully saturated rings. The Morgan fingerprint density at radius 2 is 1.68 bits per heavy atom. The van der Waals surface area contributed by atoms with Gasteiger partial charge in [0, 0.05) is 37.4 Å². The zero-order chi connectivity index (χ0) is 20.9. The maximum atomic E-state index is 12.2. The van der Waals surface area contributed by atoms with Crippen LogP contribution in [0.2, 0.25) is 0 Å². The van der Waals surface area contributed by atoms with Crippen molar-refractivity contribution in [1.29, 1.82) is 0 Å². The second kappa shape index (κ2) is 9.13. The summed E-state index contributed by atoms with van der Waals surface area (Å²) >= 11 is 0. The standard InChI is InChI=1S/C20H34N4O3S/c1-15-10-16(2)13-24(12-15)20(3,4)14-22-19(25)21-11-17-6-8-18(9-7-17)23-28(5,26)27/h6-9,15-16,23H,10-14H2,1-5H3,(H2,21,22,25)/t15-,16+. The molecule has 8 heteroatoms. The predicted molar refractivity (Wildman–Crippen MR) is 114 cm³/mol. The number of hydrogen-bond acceptors (Lipinski definition) is 4. The Bertz CT molecular complexity index is 752. The molecule has 1 aromatic carbocycles. The molecule has 2 rings (SSSR count). The highest BCUT2D eigenvalue weighted by molar-refractivity contribution is 7.92. The molecule has 28 heavy (non-hydrogen) atoms. The van der Waals surface area contributed by atoms with E-state index in [4.69, 9.17) is 0 Å². The van der Waals surface area contributed by atoms with Gasteiger partial charge in [0.25, 0.3) is 0 Å². The van der Waals surface area contributed by atoms with Gasteiger partial charge in [0.1, 0.15) is 0 Å². The zero-order valence-corrected chi connectivity index (χ0v) is 18.4. The second-order valence-electron chi connectivity index (χ2n) is 8.77. The number of carbonyl (C=O) groups is 1. The Hall–Kier alpha value is -1.80. The van der Waals surface area contributed by atoms with Crippen molar-refractivity contribution in [3.63, 3.8) is 0 Å². The summed E-state index contributed by atoms with van der Waals surface area (Å²) in [6, 6.07) is 6.72. The number of likely N-dealkylation sites (tertiary alicyclic amines) is 1. The lowest BCUT2D eigenvalue weighted by atomic mass is 9.88. The van der Waals surface area contributed by atoms with Crippen molar-refractivity contribution in [2.75, 3.05) is 30.6 Å². The van der Waals surface area contributed by atoms with Crippen LogP contribution in [0.15, 0.2) is 24.3 Å². The minimum atomic E-state index is -3.29. The number of rotatable bonds is 7. The number of anilines is 1. The van der Waals surface area contributed by atoms with Crippen molar-refractivity contribution in [2.24, 2.45) is 11.8 Å². The van der Waals surface area contributed by atoms with Crippen LogP contribution in [0.5, 0.6) is 0 Å². The smallest absolute Gasteiger partial charge is 0.315 e. The second-order valence-corrected chi connectivity index (χ2v) is 10.5. The third-order valence-corrected chi connectivity index (χ3v) is 5.72. The first kappa shape index (κ1) is 22.5. The molecule has 1 aliphatic rings. The molecule has 0 aliphatic carbocycles. The van der Waals surface area contributed by atoms with Crippen LogP contribution in [0.3, 0.4) is 0 Å². The van der Waals surface area contributed by atoms with Gasteiger partial charge in [0.15, 0.2) is 0 Å². The van der Waals surface area contributed by atoms with E-state index in [0.717, 1.165) is 24.9 Å². The van der Waals surface area contributed by atoms with Gasteiger partial charge in [-0.3, -0.25) is 9.62 Å². The molecular formula is C20H34N4O3S. The highest BCUT2D eigenvalue weighted by Crippen LogP contribution is 2.26. The third kappa shape index (κ3) is 7.31. The summed E-state index contributed by atoms with van der Waals surface area (Å²) in [6.07, 6.45) is 2.37. The molecule has 1 saturated heterocycles. The van der Waals surface area contributed by atoms with Crippen LogP contribution in [0.4, 0.5) is 10.5 Å². The molecule has 0 saturated carbocycles. The number of sulfonamides is 1. The van der Waals surface area contributed by atoms with Crippen LogP contribution >= 0.6 is 0 Å². The molecule has 3 N–H and O–H groups in total. The van der Waals surface area contributed by atoms with Gasteiger partial charge in [-0.1, -0.05) is 26.0 Å². The van der Waals surface area contributed by atoms with Crippen LogP contribution in [-0.4, -0.2) is 50.8 Å². The molecule has 0 radical (unpaired) electrons. The van der Waals surface area contributed by atoms with Crippen molar-refractivity contribution in [2.45, 2.75) is 46.2 Å². The van der Waals surface area contributed by atoms with Gasteiger partial charge >= 0.3 is 6.03 Å². The minimum absolute atomic E-state index is 0.0980. The summed E-state index contributed by atoms with van der Waals surface area (Å²) in [5.74, 6) is 1.36. The van der Waals surface area contributed by atoms with Gasteiger partial charge in [0.05, 0.1) is 6.26 Å². The quantitative estimate of drug-likeness (QED) is 0.644. The van der Waals surface area contributed by atoms with E-state index < -0.39 is 10.0 Å². The molecule has 1 aromatic rings. The molecule has 7 nitrogen and oxygen atoms in total. The Morgan fingerprint density at radius 3 is 2.21 bits per heavy atom. The number of nitrogens with one attached hydrogen (secondary N) is 3. The van der Waals surface area contributed by atoms with Crippen LogP contribution in [0, 0.1) is 11.8 Å². The van der Waals surface area contributed by atoms with E-state index in [1.54, 1.807) is 24.3 Å². The molecule has 1 heterocycles. The topological polar surface area (TPSA) is 90.5 Å². The van der Waals surface area contributed by atoms with Crippen molar-refractivity contribution in [1.82, 2.24) is 15.5 Å². The van der Waals surface area contributed by atoms with Crippen LogP contribution in [0.1, 0.15) is 39.7 Å². The molecule has 1 aliphatic heterocycles. The summed E-state index contributed by atoms with van der Waals surface area (Å²) < 4.78 is 24.9. The van der Waals surface area contributed by atoms with Gasteiger partial charge < -0.3 is 10.6 Å². The number of hydrogen-bond donors (Lipinski definition) is 3. The highest BCUT2D eigenvalue weighted by Gasteiger charge is 2.32. The maximum absolute atomic E-state index is 12.2. The Kier molecular flexibility index (Phi) is 7.33. The average molecular weight is 411 g/mol. The normalized spacial score (nSPS) is 21.2. The molecule has 0 bridgehead atoms. The van der Waals surface area contributed by atoms with Crippen molar-refractivity contribution < 1.29 is 13.2 Å². The first-order valence-electron chi connectivity index (χ1n) is 9.78. The molecule has 0 aromatic heterocycles. The largest absolute Gasteiger partial charge is 0.336 e. The van der Waals surface area contributed by atoms with E-state index in [2.05, 4.69) is 48.0 Å². The lowest BCUT2D eigenvalue weighted by Gasteiger charge is -2.45. The Balaban J connectivity index is 1.79. The first-order chi connectivity index (χ1) is 12.9. The van der Waals surface area contributed by atoms with Gasteiger partial charge in [-0.2, -0.15) is 0 Å². The molecule has 158 valence electrons. The molecule has 0 spiro atoms. The van der Waals surface area contributed by atoms with Gasteiger partial charge in [0.2, 0.25) is 10.0 Å². The molecule has 2 amide bonds. The SMILES string of the molecule is C[C@@H]1C[C@H](C)CN(C(C)(C)CNC(=O)NCc2ccc(NS(C)(=O)=O)cc2)C1. The third-order valence-electron chi connectivity index (χ3n) is 5.12. The number of amides is 2. The first-order valence-corrected chi connectivity index (χ1v) is 11.7. The van der Waals surface area contributed by atoms with E-state index in [1.807, 2.05) is 0 Å². The van der Waals surface area contributed by atoms with Crippen LogP contribution in [0.25, 0.3) is 0 Å². The van der Waals surface area contributed by atoms with Gasteiger partial charge in [-0.25, -0.2) is 13.2 Å². The van der Waals surface area contributed by atoms with Crippen LogP contribution in [-0.2, 0) is 16.6 Å². The zero-order valence-electron chi connectivity index (χ0n) is 17.6. The fourth-order valence-electron chi connectivity index (χ4n) is 3.72. The predicted octanol–water partition coefficient (Wildman–Crippen LogP) is 2.61. The van der Waals surface area contributed by atoms with E-state index in [1.165, 1.54) is 6.42 Å². The lowest BCUT2D eigenvalue weighted by Crippen LogP contribution is -2.56. The number of benzene rings is 1. The van der Waals surface area contributed by atoms with Gasteiger partial charge in [-0.05, 0) is 49.8 Å². The number of nitrogens with zero attached hydrogens (tertiary/aromatic N) is 1. The summed E-state index contributed by atoms with van der Waals surface area (Å²) in [5, 5.41) is 5.83. The Labute approximate surface area is 169 Å². The van der Waals surface area contributed by atoms with Crippen LogP contribution < -0.4 is 15.4 Å². The van der Waals surface area contributed by atoms with E-state index >= 15 is 0 Å². The number of carbonyl (C=O) groups excluding carboxylic acids is 1. The van der Waals surface area contributed by atoms with Crippen molar-refractivity contribution in [3.05, 3.63) is 29.8 Å².